The monoisotopic (exact) mass is 246 g/mol. The zero-order chi connectivity index (χ0) is 11.9. The summed E-state index contributed by atoms with van der Waals surface area (Å²) >= 11 is 5.71. The number of anilines is 1. The second kappa shape index (κ2) is 6.26. The van der Waals surface area contributed by atoms with Crippen molar-refractivity contribution >= 4 is 17.3 Å². The van der Waals surface area contributed by atoms with E-state index in [1.54, 1.807) is 12.3 Å². The summed E-state index contributed by atoms with van der Waals surface area (Å²) in [5.41, 5.74) is 2.39. The Hall–Kier alpha value is -1.54. The highest BCUT2D eigenvalue weighted by Crippen LogP contribution is 2.10. The average Bonchev–Trinajstić information content (AvgIpc) is 2.38. The van der Waals surface area contributed by atoms with Crippen molar-refractivity contribution in [3.63, 3.8) is 0 Å². The summed E-state index contributed by atoms with van der Waals surface area (Å²) in [6, 6.07) is 14.2. The molecule has 1 aromatic heterocycles. The molecule has 0 radical (unpaired) electrons. The highest BCUT2D eigenvalue weighted by Gasteiger charge is 1.94. The molecule has 0 unspecified atom stereocenters. The predicted octanol–water partition coefficient (Wildman–Crippen LogP) is 3.78. The Balaban J connectivity index is 1.71. The lowest BCUT2D eigenvalue weighted by atomic mass is 10.1. The van der Waals surface area contributed by atoms with Gasteiger partial charge in [0.05, 0.1) is 11.9 Å². The quantitative estimate of drug-likeness (QED) is 0.642. The van der Waals surface area contributed by atoms with Gasteiger partial charge in [-0.3, -0.25) is 0 Å². The van der Waals surface area contributed by atoms with Gasteiger partial charge in [-0.25, -0.2) is 4.98 Å². The Morgan fingerprint density at radius 1 is 1.06 bits per heavy atom. The third-order valence-corrected chi connectivity index (χ3v) is 2.77. The molecule has 17 heavy (non-hydrogen) atoms. The summed E-state index contributed by atoms with van der Waals surface area (Å²) in [5.74, 6) is 0. The van der Waals surface area contributed by atoms with Crippen LogP contribution in [0.4, 0.5) is 5.69 Å². The normalized spacial score (nSPS) is 10.2. The zero-order valence-corrected chi connectivity index (χ0v) is 10.3. The van der Waals surface area contributed by atoms with E-state index in [0.717, 1.165) is 25.1 Å². The molecule has 0 fully saturated rings. The van der Waals surface area contributed by atoms with Crippen molar-refractivity contribution in [1.29, 1.82) is 0 Å². The van der Waals surface area contributed by atoms with Gasteiger partial charge in [-0.15, -0.1) is 0 Å². The first-order chi connectivity index (χ1) is 8.34. The highest BCUT2D eigenvalue weighted by atomic mass is 35.5. The molecule has 0 bridgehead atoms. The van der Waals surface area contributed by atoms with Gasteiger partial charge in [0.25, 0.3) is 0 Å². The smallest absolute Gasteiger partial charge is 0.129 e. The number of hydrogen-bond acceptors (Lipinski definition) is 2. The van der Waals surface area contributed by atoms with Crippen LogP contribution in [0.5, 0.6) is 0 Å². The number of nitrogens with one attached hydrogen (secondary N) is 1. The number of nitrogens with zero attached hydrogens (tertiary/aromatic N) is 1. The second-order valence-corrected chi connectivity index (χ2v) is 4.27. The van der Waals surface area contributed by atoms with Crippen LogP contribution in [0, 0.1) is 0 Å². The molecule has 1 N–H and O–H groups in total. The van der Waals surface area contributed by atoms with Crippen LogP contribution >= 0.6 is 11.6 Å². The molecule has 0 saturated heterocycles. The summed E-state index contributed by atoms with van der Waals surface area (Å²) in [4.78, 5) is 4.02. The number of rotatable bonds is 5. The fourth-order valence-electron chi connectivity index (χ4n) is 1.65. The van der Waals surface area contributed by atoms with Crippen LogP contribution in [-0.2, 0) is 6.42 Å². The van der Waals surface area contributed by atoms with E-state index >= 15 is 0 Å². The van der Waals surface area contributed by atoms with E-state index < -0.39 is 0 Å². The van der Waals surface area contributed by atoms with Crippen LogP contribution in [0.25, 0.3) is 0 Å². The van der Waals surface area contributed by atoms with Crippen molar-refractivity contribution in [2.24, 2.45) is 0 Å². The molecule has 2 aromatic rings. The minimum atomic E-state index is 0.528. The number of aryl methyl sites for hydroxylation is 1. The van der Waals surface area contributed by atoms with Gasteiger partial charge in [0.2, 0.25) is 0 Å². The van der Waals surface area contributed by atoms with E-state index in [1.807, 2.05) is 12.1 Å². The number of benzene rings is 1. The fourth-order valence-corrected chi connectivity index (χ4v) is 1.76. The van der Waals surface area contributed by atoms with Crippen molar-refractivity contribution in [1.82, 2.24) is 4.98 Å². The van der Waals surface area contributed by atoms with Gasteiger partial charge in [-0.2, -0.15) is 0 Å². The number of hydrogen-bond donors (Lipinski definition) is 1. The predicted molar refractivity (Wildman–Crippen MR) is 72.5 cm³/mol. The number of halogens is 1. The largest absolute Gasteiger partial charge is 0.384 e. The highest BCUT2D eigenvalue weighted by molar-refractivity contribution is 6.29. The van der Waals surface area contributed by atoms with E-state index in [2.05, 4.69) is 34.6 Å². The minimum absolute atomic E-state index is 0.528. The van der Waals surface area contributed by atoms with E-state index in [-0.39, 0.29) is 0 Å². The molecule has 0 atom stereocenters. The molecule has 0 saturated carbocycles. The maximum Gasteiger partial charge on any atom is 0.129 e. The lowest BCUT2D eigenvalue weighted by Crippen LogP contribution is -2.03. The summed E-state index contributed by atoms with van der Waals surface area (Å²) in [7, 11) is 0. The van der Waals surface area contributed by atoms with Crippen LogP contribution in [0.3, 0.4) is 0 Å². The Bertz CT molecular complexity index is 440. The van der Waals surface area contributed by atoms with Crippen molar-refractivity contribution < 1.29 is 0 Å². The lowest BCUT2D eigenvalue weighted by molar-refractivity contribution is 0.862. The zero-order valence-electron chi connectivity index (χ0n) is 9.57. The maximum atomic E-state index is 5.71. The Morgan fingerprint density at radius 2 is 1.88 bits per heavy atom. The fraction of sp³-hybridized carbons (Fsp3) is 0.214. The molecule has 0 aliphatic heterocycles. The molecule has 2 nitrogen and oxygen atoms in total. The maximum absolute atomic E-state index is 5.71. The van der Waals surface area contributed by atoms with Crippen LogP contribution in [0.1, 0.15) is 12.0 Å². The van der Waals surface area contributed by atoms with Gasteiger partial charge >= 0.3 is 0 Å². The van der Waals surface area contributed by atoms with Gasteiger partial charge in [0.15, 0.2) is 0 Å². The molecule has 0 amide bonds. The first-order valence-corrected chi connectivity index (χ1v) is 6.12. The van der Waals surface area contributed by atoms with Crippen molar-refractivity contribution in [2.75, 3.05) is 11.9 Å². The molecule has 0 spiro atoms. The number of aromatic nitrogens is 1. The topological polar surface area (TPSA) is 24.9 Å². The molecule has 1 aromatic carbocycles. The lowest BCUT2D eigenvalue weighted by Gasteiger charge is -2.05. The van der Waals surface area contributed by atoms with E-state index in [9.17, 15) is 0 Å². The molecular weight excluding hydrogens is 232 g/mol. The molecule has 3 heteroatoms. The van der Waals surface area contributed by atoms with Crippen LogP contribution in [0.15, 0.2) is 48.7 Å². The SMILES string of the molecule is Clc1ccc(NCCCc2ccccc2)cn1. The Morgan fingerprint density at radius 3 is 2.59 bits per heavy atom. The second-order valence-electron chi connectivity index (χ2n) is 3.89. The van der Waals surface area contributed by atoms with Gasteiger partial charge in [-0.05, 0) is 30.5 Å². The molecule has 0 aliphatic rings. The minimum Gasteiger partial charge on any atom is -0.384 e. The first kappa shape index (κ1) is 11.9. The molecule has 1 heterocycles. The molecule has 2 rings (SSSR count). The van der Waals surface area contributed by atoms with E-state index in [1.165, 1.54) is 5.56 Å². The Kier molecular flexibility index (Phi) is 4.39. The van der Waals surface area contributed by atoms with Gasteiger partial charge < -0.3 is 5.32 Å². The third kappa shape index (κ3) is 4.08. The van der Waals surface area contributed by atoms with Gasteiger partial charge in [-0.1, -0.05) is 41.9 Å². The van der Waals surface area contributed by atoms with E-state index in [0.29, 0.717) is 5.15 Å². The average molecular weight is 247 g/mol. The Labute approximate surface area is 107 Å². The third-order valence-electron chi connectivity index (χ3n) is 2.54. The van der Waals surface area contributed by atoms with Gasteiger partial charge in [0, 0.05) is 6.54 Å². The number of pyridine rings is 1. The molecule has 0 aliphatic carbocycles. The molecule has 88 valence electrons. The summed E-state index contributed by atoms with van der Waals surface area (Å²) < 4.78 is 0. The standard InChI is InChI=1S/C14H15ClN2/c15-14-9-8-13(11-17-14)16-10-4-7-12-5-2-1-3-6-12/h1-3,5-6,8-9,11,16H,4,7,10H2. The van der Waals surface area contributed by atoms with Gasteiger partial charge in [0.1, 0.15) is 5.15 Å². The van der Waals surface area contributed by atoms with Crippen molar-refractivity contribution in [3.05, 3.63) is 59.4 Å². The summed E-state index contributed by atoms with van der Waals surface area (Å²) in [6.07, 6.45) is 3.95. The van der Waals surface area contributed by atoms with Crippen LogP contribution in [-0.4, -0.2) is 11.5 Å². The van der Waals surface area contributed by atoms with Crippen molar-refractivity contribution in [3.8, 4) is 0 Å². The van der Waals surface area contributed by atoms with Crippen molar-refractivity contribution in [2.45, 2.75) is 12.8 Å². The van der Waals surface area contributed by atoms with E-state index in [4.69, 9.17) is 11.6 Å². The molecular formula is C14H15ClN2. The summed E-state index contributed by atoms with van der Waals surface area (Å²) in [5, 5.41) is 3.85. The summed E-state index contributed by atoms with van der Waals surface area (Å²) in [6.45, 7) is 0.943. The van der Waals surface area contributed by atoms with Crippen LogP contribution < -0.4 is 5.32 Å². The van der Waals surface area contributed by atoms with Crippen LogP contribution in [0.2, 0.25) is 5.15 Å². The first-order valence-electron chi connectivity index (χ1n) is 5.74.